The summed E-state index contributed by atoms with van der Waals surface area (Å²) in [6.07, 6.45) is 8.31. The summed E-state index contributed by atoms with van der Waals surface area (Å²) in [4.78, 5) is 34.6. The second kappa shape index (κ2) is 8.53. The minimum absolute atomic E-state index is 0.0268. The molecule has 29 heavy (non-hydrogen) atoms. The van der Waals surface area contributed by atoms with Crippen molar-refractivity contribution in [1.29, 1.82) is 0 Å². The van der Waals surface area contributed by atoms with Crippen LogP contribution in [-0.4, -0.2) is 63.7 Å². The monoisotopic (exact) mass is 397 g/mol. The van der Waals surface area contributed by atoms with Crippen LogP contribution in [0.3, 0.4) is 0 Å². The second-order valence-corrected chi connectivity index (χ2v) is 8.29. The van der Waals surface area contributed by atoms with Crippen molar-refractivity contribution in [3.8, 4) is 0 Å². The van der Waals surface area contributed by atoms with Crippen LogP contribution in [0.2, 0.25) is 0 Å². The van der Waals surface area contributed by atoms with E-state index < -0.39 is 0 Å². The summed E-state index contributed by atoms with van der Waals surface area (Å²) in [5.74, 6) is 0.0755. The number of nitrogens with one attached hydrogen (secondary N) is 1. The molecule has 0 aromatic carbocycles. The van der Waals surface area contributed by atoms with Crippen LogP contribution < -0.4 is 5.32 Å². The van der Waals surface area contributed by atoms with E-state index in [4.69, 9.17) is 4.98 Å². The smallest absolute Gasteiger partial charge is 0.274 e. The Bertz CT molecular complexity index is 898. The SMILES string of the molecule is CNC(=O)[C@H]1CCCN1Cc1c(C(=O)N2CCCCCC2)nc2cc(C)ccn12. The minimum atomic E-state index is -0.142. The largest absolute Gasteiger partial charge is 0.358 e. The van der Waals surface area contributed by atoms with Crippen LogP contribution in [0, 0.1) is 6.92 Å². The Morgan fingerprint density at radius 2 is 1.90 bits per heavy atom. The predicted molar refractivity (Wildman–Crippen MR) is 112 cm³/mol. The number of hydrogen-bond acceptors (Lipinski definition) is 4. The number of likely N-dealkylation sites (tertiary alicyclic amines) is 2. The molecule has 2 amide bonds. The first-order valence-corrected chi connectivity index (χ1v) is 10.8. The molecule has 4 heterocycles. The van der Waals surface area contributed by atoms with Gasteiger partial charge >= 0.3 is 0 Å². The first-order valence-electron chi connectivity index (χ1n) is 10.8. The Balaban J connectivity index is 1.70. The third kappa shape index (κ3) is 4.01. The molecular weight excluding hydrogens is 366 g/mol. The van der Waals surface area contributed by atoms with Crippen LogP contribution in [0.4, 0.5) is 0 Å². The number of aryl methyl sites for hydroxylation is 1. The zero-order chi connectivity index (χ0) is 20.4. The van der Waals surface area contributed by atoms with Crippen LogP contribution in [0.1, 0.15) is 60.3 Å². The number of aromatic nitrogens is 2. The van der Waals surface area contributed by atoms with Gasteiger partial charge in [-0.1, -0.05) is 12.8 Å². The zero-order valence-electron chi connectivity index (χ0n) is 17.5. The first-order chi connectivity index (χ1) is 14.1. The number of imidazole rings is 1. The lowest BCUT2D eigenvalue weighted by molar-refractivity contribution is -0.125. The van der Waals surface area contributed by atoms with Gasteiger partial charge in [-0.2, -0.15) is 0 Å². The van der Waals surface area contributed by atoms with E-state index in [9.17, 15) is 9.59 Å². The molecular formula is C22H31N5O2. The van der Waals surface area contributed by atoms with Crippen molar-refractivity contribution in [3.63, 3.8) is 0 Å². The van der Waals surface area contributed by atoms with E-state index in [0.29, 0.717) is 12.2 Å². The lowest BCUT2D eigenvalue weighted by Crippen LogP contribution is -2.42. The molecule has 2 saturated heterocycles. The second-order valence-electron chi connectivity index (χ2n) is 8.29. The molecule has 0 radical (unpaired) electrons. The van der Waals surface area contributed by atoms with E-state index in [2.05, 4.69) is 10.2 Å². The fourth-order valence-corrected chi connectivity index (χ4v) is 4.61. The highest BCUT2D eigenvalue weighted by Crippen LogP contribution is 2.24. The van der Waals surface area contributed by atoms with Crippen LogP contribution in [0.25, 0.3) is 5.65 Å². The molecule has 0 bridgehead atoms. The van der Waals surface area contributed by atoms with Gasteiger partial charge in [0, 0.05) is 32.9 Å². The Morgan fingerprint density at radius 3 is 2.62 bits per heavy atom. The molecule has 1 N–H and O–H groups in total. The summed E-state index contributed by atoms with van der Waals surface area (Å²) in [7, 11) is 1.68. The number of nitrogens with zero attached hydrogens (tertiary/aromatic N) is 4. The summed E-state index contributed by atoms with van der Waals surface area (Å²) in [5, 5.41) is 2.78. The Hall–Kier alpha value is -2.41. The predicted octanol–water partition coefficient (Wildman–Crippen LogP) is 2.37. The van der Waals surface area contributed by atoms with Gasteiger partial charge in [0.15, 0.2) is 5.69 Å². The number of fused-ring (bicyclic) bond motifs is 1. The van der Waals surface area contributed by atoms with Crippen molar-refractivity contribution in [1.82, 2.24) is 24.5 Å². The number of carbonyl (C=O) groups excluding carboxylic acids is 2. The highest BCUT2D eigenvalue weighted by atomic mass is 16.2. The normalized spacial score (nSPS) is 20.8. The highest BCUT2D eigenvalue weighted by Gasteiger charge is 2.33. The Kier molecular flexibility index (Phi) is 5.85. The average Bonchev–Trinajstić information content (AvgIpc) is 3.21. The standard InChI is InChI=1S/C22H31N5O2/c1-16-9-13-27-18(15-26-12-7-8-17(26)21(28)23-2)20(24-19(27)14-16)22(29)25-10-5-3-4-6-11-25/h9,13-14,17H,3-8,10-12,15H2,1-2H3,(H,23,28)/t17-/m1/s1. The molecule has 1 atom stereocenters. The van der Waals surface area contributed by atoms with Gasteiger partial charge in [0.25, 0.3) is 5.91 Å². The van der Waals surface area contributed by atoms with E-state index in [1.165, 1.54) is 12.8 Å². The summed E-state index contributed by atoms with van der Waals surface area (Å²) in [6, 6.07) is 3.92. The molecule has 156 valence electrons. The number of likely N-dealkylation sites (N-methyl/N-ethyl adjacent to an activating group) is 1. The number of rotatable bonds is 4. The van der Waals surface area contributed by atoms with Crippen molar-refractivity contribution in [2.24, 2.45) is 0 Å². The van der Waals surface area contributed by atoms with Crippen molar-refractivity contribution >= 4 is 17.5 Å². The third-order valence-corrected chi connectivity index (χ3v) is 6.24. The molecule has 2 aromatic rings. The summed E-state index contributed by atoms with van der Waals surface area (Å²) < 4.78 is 2.03. The zero-order valence-corrected chi connectivity index (χ0v) is 17.5. The molecule has 2 aliphatic rings. The van der Waals surface area contributed by atoms with Crippen LogP contribution in [0.5, 0.6) is 0 Å². The topological polar surface area (TPSA) is 70.0 Å². The quantitative estimate of drug-likeness (QED) is 0.860. The molecule has 0 unspecified atom stereocenters. The van der Waals surface area contributed by atoms with Gasteiger partial charge in [-0.25, -0.2) is 4.98 Å². The molecule has 2 aromatic heterocycles. The van der Waals surface area contributed by atoms with Gasteiger partial charge in [-0.3, -0.25) is 14.5 Å². The average molecular weight is 398 g/mol. The van der Waals surface area contributed by atoms with Gasteiger partial charge < -0.3 is 14.6 Å². The van der Waals surface area contributed by atoms with Crippen molar-refractivity contribution in [2.75, 3.05) is 26.7 Å². The number of amides is 2. The maximum absolute atomic E-state index is 13.4. The molecule has 2 fully saturated rings. The molecule has 0 saturated carbocycles. The molecule has 7 heteroatoms. The number of hydrogen-bond donors (Lipinski definition) is 1. The van der Waals surface area contributed by atoms with Crippen molar-refractivity contribution < 1.29 is 9.59 Å². The fraction of sp³-hybridized carbons (Fsp3) is 0.591. The van der Waals surface area contributed by atoms with Crippen LogP contribution >= 0.6 is 0 Å². The number of pyridine rings is 1. The van der Waals surface area contributed by atoms with Crippen LogP contribution in [-0.2, 0) is 11.3 Å². The maximum atomic E-state index is 13.4. The lowest BCUT2D eigenvalue weighted by atomic mass is 10.2. The van der Waals surface area contributed by atoms with E-state index in [-0.39, 0.29) is 17.9 Å². The molecule has 0 aliphatic carbocycles. The fourth-order valence-electron chi connectivity index (χ4n) is 4.61. The van der Waals surface area contributed by atoms with E-state index in [1.54, 1.807) is 7.05 Å². The van der Waals surface area contributed by atoms with Gasteiger partial charge in [0.1, 0.15) is 5.65 Å². The van der Waals surface area contributed by atoms with E-state index >= 15 is 0 Å². The summed E-state index contributed by atoms with van der Waals surface area (Å²) in [6.45, 7) is 5.05. The van der Waals surface area contributed by atoms with Crippen LogP contribution in [0.15, 0.2) is 18.3 Å². The van der Waals surface area contributed by atoms with E-state index in [0.717, 1.165) is 62.2 Å². The van der Waals surface area contributed by atoms with E-state index in [1.807, 2.05) is 34.6 Å². The molecule has 4 rings (SSSR count). The molecule has 2 aliphatic heterocycles. The summed E-state index contributed by atoms with van der Waals surface area (Å²) >= 11 is 0. The van der Waals surface area contributed by atoms with Gasteiger partial charge in [0.2, 0.25) is 5.91 Å². The first kappa shape index (κ1) is 19.9. The molecule has 0 spiro atoms. The van der Waals surface area contributed by atoms with Gasteiger partial charge in [-0.15, -0.1) is 0 Å². The third-order valence-electron chi connectivity index (χ3n) is 6.24. The maximum Gasteiger partial charge on any atom is 0.274 e. The van der Waals surface area contributed by atoms with Gasteiger partial charge in [0.05, 0.1) is 11.7 Å². The Morgan fingerprint density at radius 1 is 1.14 bits per heavy atom. The lowest BCUT2D eigenvalue weighted by Gasteiger charge is -2.24. The van der Waals surface area contributed by atoms with Crippen molar-refractivity contribution in [2.45, 2.75) is 58.0 Å². The minimum Gasteiger partial charge on any atom is -0.358 e. The number of carbonyl (C=O) groups is 2. The van der Waals surface area contributed by atoms with Gasteiger partial charge in [-0.05, 0) is 56.8 Å². The summed E-state index contributed by atoms with van der Waals surface area (Å²) in [5.41, 5.74) is 3.35. The molecule has 7 nitrogen and oxygen atoms in total. The Labute approximate surface area is 172 Å². The highest BCUT2D eigenvalue weighted by molar-refractivity contribution is 5.94. The van der Waals surface area contributed by atoms with Crippen molar-refractivity contribution in [3.05, 3.63) is 35.3 Å².